The Hall–Kier alpha value is -2.74. The number of rotatable bonds is 8. The predicted molar refractivity (Wildman–Crippen MR) is 98.3 cm³/mol. The van der Waals surface area contributed by atoms with Gasteiger partial charge in [-0.25, -0.2) is 0 Å². The van der Waals surface area contributed by atoms with Gasteiger partial charge in [-0.15, -0.1) is 0 Å². The van der Waals surface area contributed by atoms with Crippen LogP contribution >= 0.6 is 0 Å². The zero-order valence-corrected chi connectivity index (χ0v) is 14.9. The van der Waals surface area contributed by atoms with E-state index in [1.165, 1.54) is 0 Å². The second-order valence-electron chi connectivity index (χ2n) is 5.90. The first kappa shape index (κ1) is 18.6. The van der Waals surface area contributed by atoms with Gasteiger partial charge in [0.1, 0.15) is 5.82 Å². The summed E-state index contributed by atoms with van der Waals surface area (Å²) < 4.78 is 0. The number of nitrogens with one attached hydrogen (secondary N) is 2. The number of aromatic nitrogens is 3. The van der Waals surface area contributed by atoms with Crippen LogP contribution in [0.25, 0.3) is 0 Å². The number of hydrogen-bond acceptors (Lipinski definition) is 7. The van der Waals surface area contributed by atoms with E-state index < -0.39 is 0 Å². The van der Waals surface area contributed by atoms with Crippen LogP contribution in [0.1, 0.15) is 24.7 Å². The van der Waals surface area contributed by atoms with E-state index in [1.807, 2.05) is 50.1 Å². The van der Waals surface area contributed by atoms with E-state index in [4.69, 9.17) is 5.73 Å². The van der Waals surface area contributed by atoms with Gasteiger partial charge in [0.05, 0.1) is 13.1 Å². The minimum atomic E-state index is -0.0235. The molecule has 1 heterocycles. The molecular formula is C17H25N7O. The summed E-state index contributed by atoms with van der Waals surface area (Å²) in [6, 6.07) is 7.84. The fourth-order valence-electron chi connectivity index (χ4n) is 2.26. The van der Waals surface area contributed by atoms with Crippen LogP contribution in [0, 0.1) is 6.92 Å². The Labute approximate surface area is 147 Å². The summed E-state index contributed by atoms with van der Waals surface area (Å²) in [5.41, 5.74) is 7.78. The minimum absolute atomic E-state index is 0.0235. The van der Waals surface area contributed by atoms with Gasteiger partial charge in [0.15, 0.2) is 0 Å². The molecule has 0 aliphatic rings. The number of anilines is 3. The van der Waals surface area contributed by atoms with Gasteiger partial charge >= 0.3 is 0 Å². The summed E-state index contributed by atoms with van der Waals surface area (Å²) in [6.45, 7) is 5.35. The molecule has 4 N–H and O–H groups in total. The highest BCUT2D eigenvalue weighted by Gasteiger charge is 2.11. The summed E-state index contributed by atoms with van der Waals surface area (Å²) in [7, 11) is 1.83. The lowest BCUT2D eigenvalue weighted by Gasteiger charge is -2.16. The summed E-state index contributed by atoms with van der Waals surface area (Å²) in [6.07, 6.45) is 0.910. The van der Waals surface area contributed by atoms with E-state index in [2.05, 4.69) is 25.6 Å². The minimum Gasteiger partial charge on any atom is -0.368 e. The Morgan fingerprint density at radius 3 is 2.72 bits per heavy atom. The van der Waals surface area contributed by atoms with Crippen LogP contribution in [0.3, 0.4) is 0 Å². The summed E-state index contributed by atoms with van der Waals surface area (Å²) in [4.78, 5) is 26.3. The van der Waals surface area contributed by atoms with Gasteiger partial charge in [0.25, 0.3) is 0 Å². The molecule has 0 spiro atoms. The SMILES string of the molecule is CCCNC(=O)CN(C)Cc1nc(N)nc(Nc2ccccc2C)n1. The highest BCUT2D eigenvalue weighted by molar-refractivity contribution is 5.77. The number of hydrogen-bond donors (Lipinski definition) is 3. The molecule has 1 amide bonds. The number of aryl methyl sites for hydroxylation is 1. The number of likely N-dealkylation sites (N-methyl/N-ethyl adjacent to an activating group) is 1. The van der Waals surface area contributed by atoms with Crippen LogP contribution in [0.4, 0.5) is 17.6 Å². The van der Waals surface area contributed by atoms with Gasteiger partial charge < -0.3 is 16.4 Å². The highest BCUT2D eigenvalue weighted by Crippen LogP contribution is 2.17. The van der Waals surface area contributed by atoms with E-state index in [0.29, 0.717) is 24.9 Å². The monoisotopic (exact) mass is 343 g/mol. The van der Waals surface area contributed by atoms with Crippen molar-refractivity contribution in [3.8, 4) is 0 Å². The number of nitrogen functional groups attached to an aromatic ring is 1. The molecule has 1 aromatic heterocycles. The Morgan fingerprint density at radius 2 is 2.00 bits per heavy atom. The number of carbonyl (C=O) groups is 1. The fourth-order valence-corrected chi connectivity index (χ4v) is 2.26. The molecule has 2 aromatic rings. The molecule has 0 unspecified atom stereocenters. The number of nitrogens with two attached hydrogens (primary N) is 1. The first-order valence-corrected chi connectivity index (χ1v) is 8.26. The van der Waals surface area contributed by atoms with Crippen molar-refractivity contribution in [2.75, 3.05) is 31.2 Å². The van der Waals surface area contributed by atoms with Gasteiger partial charge in [-0.2, -0.15) is 15.0 Å². The molecule has 0 atom stereocenters. The van der Waals surface area contributed by atoms with Gasteiger partial charge in [0.2, 0.25) is 17.8 Å². The average Bonchev–Trinajstić information content (AvgIpc) is 2.54. The van der Waals surface area contributed by atoms with Crippen LogP contribution in [0.2, 0.25) is 0 Å². The van der Waals surface area contributed by atoms with Gasteiger partial charge in [-0.3, -0.25) is 9.69 Å². The molecule has 0 fully saturated rings. The predicted octanol–water partition coefficient (Wildman–Crippen LogP) is 1.46. The van der Waals surface area contributed by atoms with Crippen LogP contribution in [-0.4, -0.2) is 45.9 Å². The molecule has 0 bridgehead atoms. The van der Waals surface area contributed by atoms with Crippen molar-refractivity contribution in [1.29, 1.82) is 0 Å². The van der Waals surface area contributed by atoms with Gasteiger partial charge in [-0.05, 0) is 32.0 Å². The van der Waals surface area contributed by atoms with Gasteiger partial charge in [-0.1, -0.05) is 25.1 Å². The third-order valence-electron chi connectivity index (χ3n) is 3.49. The standard InChI is InChI=1S/C17H25N7O/c1-4-9-19-15(25)11-24(3)10-14-21-16(18)23-17(22-14)20-13-8-6-5-7-12(13)2/h5-8H,4,9-11H2,1-3H3,(H,19,25)(H3,18,20,21,22,23). The van der Waals surface area contributed by atoms with E-state index in [9.17, 15) is 4.79 Å². The zero-order valence-electron chi connectivity index (χ0n) is 14.9. The number of carbonyl (C=O) groups excluding carboxylic acids is 1. The van der Waals surface area contributed by atoms with Crippen molar-refractivity contribution in [3.63, 3.8) is 0 Å². The van der Waals surface area contributed by atoms with E-state index in [1.54, 1.807) is 0 Å². The molecule has 8 heteroatoms. The Balaban J connectivity index is 2.03. The molecule has 8 nitrogen and oxygen atoms in total. The molecule has 134 valence electrons. The van der Waals surface area contributed by atoms with Crippen molar-refractivity contribution in [3.05, 3.63) is 35.7 Å². The number of para-hydroxylation sites is 1. The second kappa shape index (κ2) is 8.93. The largest absolute Gasteiger partial charge is 0.368 e. The number of benzene rings is 1. The number of nitrogens with zero attached hydrogens (tertiary/aromatic N) is 4. The topological polar surface area (TPSA) is 109 Å². The van der Waals surface area contributed by atoms with Gasteiger partial charge in [0, 0.05) is 12.2 Å². The van der Waals surface area contributed by atoms with Crippen molar-refractivity contribution in [2.45, 2.75) is 26.8 Å². The molecule has 0 saturated carbocycles. The first-order chi connectivity index (χ1) is 12.0. The van der Waals surface area contributed by atoms with E-state index in [0.717, 1.165) is 17.7 Å². The van der Waals surface area contributed by atoms with Crippen LogP contribution in [-0.2, 0) is 11.3 Å². The lowest BCUT2D eigenvalue weighted by Crippen LogP contribution is -2.35. The summed E-state index contributed by atoms with van der Waals surface area (Å²) >= 11 is 0. The van der Waals surface area contributed by atoms with E-state index >= 15 is 0 Å². The number of amides is 1. The maximum absolute atomic E-state index is 11.8. The normalized spacial score (nSPS) is 10.7. The average molecular weight is 343 g/mol. The smallest absolute Gasteiger partial charge is 0.234 e. The molecule has 0 aliphatic carbocycles. The Kier molecular flexibility index (Phi) is 6.64. The van der Waals surface area contributed by atoms with Crippen LogP contribution < -0.4 is 16.4 Å². The summed E-state index contributed by atoms with van der Waals surface area (Å²) in [5, 5.41) is 6.00. The van der Waals surface area contributed by atoms with Crippen molar-refractivity contribution in [2.24, 2.45) is 0 Å². The molecule has 2 rings (SSSR count). The lowest BCUT2D eigenvalue weighted by atomic mass is 10.2. The molecule has 0 radical (unpaired) electrons. The quantitative estimate of drug-likeness (QED) is 0.666. The maximum Gasteiger partial charge on any atom is 0.234 e. The van der Waals surface area contributed by atoms with Crippen LogP contribution in [0.5, 0.6) is 0 Å². The van der Waals surface area contributed by atoms with E-state index in [-0.39, 0.29) is 18.4 Å². The lowest BCUT2D eigenvalue weighted by molar-refractivity contribution is -0.122. The second-order valence-corrected chi connectivity index (χ2v) is 5.90. The van der Waals surface area contributed by atoms with Crippen LogP contribution in [0.15, 0.2) is 24.3 Å². The third kappa shape index (κ3) is 6.00. The fraction of sp³-hybridized carbons (Fsp3) is 0.412. The molecule has 0 aliphatic heterocycles. The maximum atomic E-state index is 11.8. The zero-order chi connectivity index (χ0) is 18.2. The Bertz CT molecular complexity index is 720. The molecule has 0 saturated heterocycles. The van der Waals surface area contributed by atoms with Crippen molar-refractivity contribution < 1.29 is 4.79 Å². The van der Waals surface area contributed by atoms with Crippen molar-refractivity contribution in [1.82, 2.24) is 25.2 Å². The molecule has 25 heavy (non-hydrogen) atoms. The molecule has 1 aromatic carbocycles. The first-order valence-electron chi connectivity index (χ1n) is 8.26. The highest BCUT2D eigenvalue weighted by atomic mass is 16.2. The Morgan fingerprint density at radius 1 is 1.24 bits per heavy atom. The summed E-state index contributed by atoms with van der Waals surface area (Å²) in [5.74, 6) is 1.02. The third-order valence-corrected chi connectivity index (χ3v) is 3.49. The molecular weight excluding hydrogens is 318 g/mol. The van der Waals surface area contributed by atoms with Crippen molar-refractivity contribution >= 4 is 23.5 Å².